The third-order valence-electron chi connectivity index (χ3n) is 3.75. The second kappa shape index (κ2) is 5.57. The Morgan fingerprint density at radius 1 is 1.36 bits per heavy atom. The van der Waals surface area contributed by atoms with Gasteiger partial charge in [-0.05, 0) is 44.0 Å². The molecule has 5 nitrogen and oxygen atoms in total. The Bertz CT molecular complexity index is 771. The predicted octanol–water partition coefficient (Wildman–Crippen LogP) is 2.97. The van der Waals surface area contributed by atoms with Gasteiger partial charge in [0.25, 0.3) is 5.91 Å². The van der Waals surface area contributed by atoms with E-state index in [1.165, 1.54) is 6.92 Å². The molecule has 1 aliphatic rings. The molecule has 1 atom stereocenters. The van der Waals surface area contributed by atoms with E-state index in [1.807, 2.05) is 0 Å². The number of nitrogens with zero attached hydrogens (tertiary/aromatic N) is 1. The van der Waals surface area contributed by atoms with Crippen LogP contribution in [0, 0.1) is 0 Å². The van der Waals surface area contributed by atoms with Crippen molar-refractivity contribution >= 4 is 34.4 Å². The molecule has 0 bridgehead atoms. The number of fused-ring (bicyclic) bond motifs is 1. The van der Waals surface area contributed by atoms with Crippen LogP contribution in [0.1, 0.15) is 41.7 Å². The number of hydrogen-bond acceptors (Lipinski definition) is 3. The zero-order chi connectivity index (χ0) is 15.9. The van der Waals surface area contributed by atoms with Crippen molar-refractivity contribution in [2.45, 2.75) is 31.7 Å². The van der Waals surface area contributed by atoms with Crippen LogP contribution in [0.4, 0.5) is 0 Å². The molecule has 1 aliphatic carbocycles. The van der Waals surface area contributed by atoms with Crippen LogP contribution < -0.4 is 5.32 Å². The number of amides is 1. The zero-order valence-corrected chi connectivity index (χ0v) is 12.7. The molecular weight excluding hydrogens is 304 g/mol. The minimum Gasteiger partial charge on any atom is -0.480 e. The summed E-state index contributed by atoms with van der Waals surface area (Å²) in [6.45, 7) is 1.43. The first-order valence-electron chi connectivity index (χ1n) is 7.09. The number of carbonyl (C=O) groups is 2. The smallest absolute Gasteiger partial charge is 0.325 e. The summed E-state index contributed by atoms with van der Waals surface area (Å²) in [4.78, 5) is 27.9. The summed E-state index contributed by atoms with van der Waals surface area (Å²) in [5.41, 5.74) is 1.99. The first-order chi connectivity index (χ1) is 10.5. The number of halogens is 1. The van der Waals surface area contributed by atoms with Crippen LogP contribution in [-0.2, 0) is 4.79 Å². The van der Waals surface area contributed by atoms with Crippen LogP contribution in [0.5, 0.6) is 0 Å². The van der Waals surface area contributed by atoms with Gasteiger partial charge in [0.1, 0.15) is 6.04 Å². The van der Waals surface area contributed by atoms with Crippen molar-refractivity contribution in [2.24, 2.45) is 0 Å². The van der Waals surface area contributed by atoms with E-state index >= 15 is 0 Å². The predicted molar refractivity (Wildman–Crippen MR) is 83.3 cm³/mol. The molecule has 0 radical (unpaired) electrons. The van der Waals surface area contributed by atoms with Gasteiger partial charge < -0.3 is 10.4 Å². The lowest BCUT2D eigenvalue weighted by atomic mass is 10.0. The summed E-state index contributed by atoms with van der Waals surface area (Å²) in [6, 6.07) is 5.98. The number of nitrogens with one attached hydrogen (secondary N) is 1. The van der Waals surface area contributed by atoms with Gasteiger partial charge in [-0.15, -0.1) is 0 Å². The Morgan fingerprint density at radius 2 is 2.09 bits per heavy atom. The van der Waals surface area contributed by atoms with Crippen LogP contribution in [0.25, 0.3) is 10.9 Å². The molecule has 2 N–H and O–H groups in total. The van der Waals surface area contributed by atoms with Crippen LogP contribution in [0.3, 0.4) is 0 Å². The Morgan fingerprint density at radius 3 is 2.73 bits per heavy atom. The number of rotatable bonds is 4. The van der Waals surface area contributed by atoms with Crippen LogP contribution >= 0.6 is 11.6 Å². The maximum Gasteiger partial charge on any atom is 0.325 e. The number of pyridine rings is 1. The molecule has 114 valence electrons. The molecule has 1 aromatic heterocycles. The zero-order valence-electron chi connectivity index (χ0n) is 12.0. The van der Waals surface area contributed by atoms with Crippen molar-refractivity contribution in [1.82, 2.24) is 10.3 Å². The fourth-order valence-corrected chi connectivity index (χ4v) is 2.50. The van der Waals surface area contributed by atoms with E-state index in [-0.39, 0.29) is 0 Å². The van der Waals surface area contributed by atoms with Crippen LogP contribution in [0.15, 0.2) is 24.3 Å². The molecule has 0 spiro atoms. The molecule has 1 amide bonds. The summed E-state index contributed by atoms with van der Waals surface area (Å²) in [7, 11) is 0. The lowest BCUT2D eigenvalue weighted by Crippen LogP contribution is -2.38. The van der Waals surface area contributed by atoms with Gasteiger partial charge in [-0.25, -0.2) is 0 Å². The summed E-state index contributed by atoms with van der Waals surface area (Å²) >= 11 is 6.01. The van der Waals surface area contributed by atoms with Gasteiger partial charge in [-0.2, -0.15) is 0 Å². The summed E-state index contributed by atoms with van der Waals surface area (Å²) < 4.78 is 0. The van der Waals surface area contributed by atoms with Gasteiger partial charge in [0.15, 0.2) is 0 Å². The SMILES string of the molecule is C[C@@H](NC(=O)c1cc(C2CC2)nc2ccc(Cl)cc12)C(=O)O. The van der Waals surface area contributed by atoms with E-state index in [4.69, 9.17) is 16.7 Å². The summed E-state index contributed by atoms with van der Waals surface area (Å²) in [5.74, 6) is -1.11. The van der Waals surface area contributed by atoms with Crippen molar-refractivity contribution in [3.05, 3.63) is 40.5 Å². The van der Waals surface area contributed by atoms with Crippen LogP contribution in [-0.4, -0.2) is 28.0 Å². The van der Waals surface area contributed by atoms with E-state index in [1.54, 1.807) is 24.3 Å². The molecule has 0 saturated heterocycles. The third-order valence-corrected chi connectivity index (χ3v) is 3.98. The first kappa shape index (κ1) is 14.8. The minimum atomic E-state index is -1.08. The minimum absolute atomic E-state index is 0.392. The maximum absolute atomic E-state index is 12.4. The lowest BCUT2D eigenvalue weighted by Gasteiger charge is -2.12. The second-order valence-electron chi connectivity index (χ2n) is 5.56. The molecule has 1 aromatic carbocycles. The highest BCUT2D eigenvalue weighted by molar-refractivity contribution is 6.31. The van der Waals surface area contributed by atoms with Crippen LogP contribution in [0.2, 0.25) is 5.02 Å². The van der Waals surface area contributed by atoms with Gasteiger partial charge in [0.05, 0.1) is 11.1 Å². The average molecular weight is 319 g/mol. The van der Waals surface area contributed by atoms with E-state index in [9.17, 15) is 9.59 Å². The fraction of sp³-hybridized carbons (Fsp3) is 0.312. The first-order valence-corrected chi connectivity index (χ1v) is 7.47. The van der Waals surface area contributed by atoms with Crippen molar-refractivity contribution < 1.29 is 14.7 Å². The van der Waals surface area contributed by atoms with Crippen molar-refractivity contribution in [3.63, 3.8) is 0 Å². The molecule has 22 heavy (non-hydrogen) atoms. The standard InChI is InChI=1S/C16H15ClN2O3/c1-8(16(21)22)18-15(20)12-7-14(9-2-3-9)19-13-5-4-10(17)6-11(12)13/h4-9H,2-3H2,1H3,(H,18,20)(H,21,22)/t8-/m1/s1. The molecule has 1 saturated carbocycles. The number of aromatic nitrogens is 1. The maximum atomic E-state index is 12.4. The number of carboxylic acids is 1. The molecule has 1 heterocycles. The molecule has 0 unspecified atom stereocenters. The number of aliphatic carboxylic acids is 1. The Balaban J connectivity index is 2.07. The highest BCUT2D eigenvalue weighted by Crippen LogP contribution is 2.40. The molecule has 1 fully saturated rings. The van der Waals surface area contributed by atoms with E-state index < -0.39 is 17.9 Å². The molecule has 2 aromatic rings. The van der Waals surface area contributed by atoms with Crippen molar-refractivity contribution in [1.29, 1.82) is 0 Å². The molecule has 6 heteroatoms. The Hall–Kier alpha value is -2.14. The van der Waals surface area contributed by atoms with Gasteiger partial charge in [-0.1, -0.05) is 11.6 Å². The Kier molecular flexibility index (Phi) is 3.74. The lowest BCUT2D eigenvalue weighted by molar-refractivity contribution is -0.138. The number of carboxylic acid groups (broad SMARTS) is 1. The average Bonchev–Trinajstić information content (AvgIpc) is 3.30. The highest BCUT2D eigenvalue weighted by Gasteiger charge is 2.27. The molecule has 0 aliphatic heterocycles. The van der Waals surface area contributed by atoms with Gasteiger partial charge >= 0.3 is 5.97 Å². The largest absolute Gasteiger partial charge is 0.480 e. The van der Waals surface area contributed by atoms with E-state index in [0.29, 0.717) is 27.4 Å². The fourth-order valence-electron chi connectivity index (χ4n) is 2.33. The third kappa shape index (κ3) is 2.90. The Labute approximate surface area is 132 Å². The number of hydrogen-bond donors (Lipinski definition) is 2. The normalized spacial score (nSPS) is 15.5. The number of carbonyl (C=O) groups excluding carboxylic acids is 1. The molecular formula is C16H15ClN2O3. The summed E-state index contributed by atoms with van der Waals surface area (Å²) in [5, 5.41) is 12.6. The van der Waals surface area contributed by atoms with Crippen molar-refractivity contribution in [3.8, 4) is 0 Å². The highest BCUT2D eigenvalue weighted by atomic mass is 35.5. The monoisotopic (exact) mass is 318 g/mol. The number of benzene rings is 1. The quantitative estimate of drug-likeness (QED) is 0.908. The second-order valence-corrected chi connectivity index (χ2v) is 6.00. The summed E-state index contributed by atoms with van der Waals surface area (Å²) in [6.07, 6.45) is 2.14. The van der Waals surface area contributed by atoms with Crippen molar-refractivity contribution in [2.75, 3.05) is 0 Å². The van der Waals surface area contributed by atoms with E-state index in [0.717, 1.165) is 18.5 Å². The van der Waals surface area contributed by atoms with E-state index in [2.05, 4.69) is 10.3 Å². The van der Waals surface area contributed by atoms with Gasteiger partial charge in [0, 0.05) is 22.0 Å². The van der Waals surface area contributed by atoms with Gasteiger partial charge in [-0.3, -0.25) is 14.6 Å². The van der Waals surface area contributed by atoms with Gasteiger partial charge in [0.2, 0.25) is 0 Å². The molecule has 3 rings (SSSR count). The topological polar surface area (TPSA) is 79.3 Å².